The van der Waals surface area contributed by atoms with Gasteiger partial charge in [0.05, 0.1) is 40.9 Å². The Hall–Kier alpha value is -5.12. The first kappa shape index (κ1) is 26.8. The number of nitrogens with zero attached hydrogens (tertiary/aromatic N) is 2. The molecule has 0 spiro atoms. The SMILES string of the molecule is CC(=O)OCCCn1c2ccccc2c2c3c(c4c5ccccc5[nH]c4c21)C(=O)N(Cc1cccc(C(F)(F)F)c1)C3=O. The second-order valence-corrected chi connectivity index (χ2v) is 10.7. The molecule has 7 nitrogen and oxygen atoms in total. The third-order valence-corrected chi connectivity index (χ3v) is 8.01. The van der Waals surface area contributed by atoms with Crippen LogP contribution in [0.25, 0.3) is 43.6 Å². The minimum atomic E-state index is -4.56. The quantitative estimate of drug-likeness (QED) is 0.128. The van der Waals surface area contributed by atoms with Gasteiger partial charge in [-0.15, -0.1) is 0 Å². The van der Waals surface area contributed by atoms with Crippen molar-refractivity contribution in [1.82, 2.24) is 14.5 Å². The number of ether oxygens (including phenoxy) is 1. The van der Waals surface area contributed by atoms with Crippen LogP contribution in [0.15, 0.2) is 72.8 Å². The molecule has 0 fully saturated rings. The highest BCUT2D eigenvalue weighted by Crippen LogP contribution is 2.45. The number of para-hydroxylation sites is 2. The lowest BCUT2D eigenvalue weighted by Gasteiger charge is -2.15. The standard InChI is InChI=1S/C33H24F3N3O4/c1-18(40)43-15-7-14-38-24-13-5-3-11-22(24)26-28-27(25-21-10-2-4-12-23(21)37-29(25)30(26)38)31(41)39(32(28)42)17-19-8-6-9-20(16-19)33(34,35)36/h2-6,8-13,16,37H,7,14-15,17H2,1H3. The number of halogens is 3. The molecular weight excluding hydrogens is 559 g/mol. The Labute approximate surface area is 242 Å². The third-order valence-electron chi connectivity index (χ3n) is 8.01. The first-order chi connectivity index (χ1) is 20.6. The van der Waals surface area contributed by atoms with Crippen molar-refractivity contribution in [1.29, 1.82) is 0 Å². The van der Waals surface area contributed by atoms with Crippen LogP contribution in [0.2, 0.25) is 0 Å². The van der Waals surface area contributed by atoms with Gasteiger partial charge in [0.15, 0.2) is 0 Å². The predicted octanol–water partition coefficient (Wildman–Crippen LogP) is 7.20. The Bertz CT molecular complexity index is 2140. The molecule has 1 N–H and O–H groups in total. The predicted molar refractivity (Wildman–Crippen MR) is 156 cm³/mol. The maximum absolute atomic E-state index is 14.2. The van der Waals surface area contributed by atoms with Crippen molar-refractivity contribution in [3.8, 4) is 0 Å². The fourth-order valence-corrected chi connectivity index (χ4v) is 6.28. The molecule has 0 radical (unpaired) electrons. The number of carbonyl (C=O) groups excluding carboxylic acids is 3. The zero-order valence-corrected chi connectivity index (χ0v) is 22.9. The average molecular weight is 584 g/mol. The molecule has 0 aliphatic carbocycles. The number of hydrogen-bond donors (Lipinski definition) is 1. The van der Waals surface area contributed by atoms with Crippen molar-refractivity contribution < 1.29 is 32.3 Å². The Morgan fingerprint density at radius 3 is 2.33 bits per heavy atom. The van der Waals surface area contributed by atoms with Crippen molar-refractivity contribution in [2.45, 2.75) is 32.6 Å². The van der Waals surface area contributed by atoms with Crippen LogP contribution < -0.4 is 0 Å². The summed E-state index contributed by atoms with van der Waals surface area (Å²) in [4.78, 5) is 44.2. The van der Waals surface area contributed by atoms with E-state index in [4.69, 9.17) is 4.74 Å². The van der Waals surface area contributed by atoms with Gasteiger partial charge < -0.3 is 14.3 Å². The number of benzene rings is 4. The van der Waals surface area contributed by atoms with Gasteiger partial charge in [0.25, 0.3) is 11.8 Å². The van der Waals surface area contributed by atoms with Gasteiger partial charge in [-0.25, -0.2) is 0 Å². The number of carbonyl (C=O) groups is 3. The van der Waals surface area contributed by atoms with Gasteiger partial charge >= 0.3 is 12.1 Å². The Kier molecular flexibility index (Phi) is 6.05. The summed E-state index contributed by atoms with van der Waals surface area (Å²) in [7, 11) is 0. The van der Waals surface area contributed by atoms with Crippen LogP contribution in [0.3, 0.4) is 0 Å². The highest BCUT2D eigenvalue weighted by molar-refractivity contribution is 6.39. The molecule has 0 atom stereocenters. The van der Waals surface area contributed by atoms with Gasteiger partial charge in [-0.05, 0) is 36.2 Å². The van der Waals surface area contributed by atoms with Gasteiger partial charge in [-0.2, -0.15) is 13.2 Å². The van der Waals surface area contributed by atoms with Gasteiger partial charge in [-0.1, -0.05) is 48.5 Å². The summed E-state index contributed by atoms with van der Waals surface area (Å²) in [5.41, 5.74) is 2.85. The molecular formula is C33H24F3N3O4. The number of nitrogens with one attached hydrogen (secondary N) is 1. The molecule has 1 aliphatic rings. The Balaban J connectivity index is 1.48. The zero-order valence-electron chi connectivity index (χ0n) is 22.9. The number of fused-ring (bicyclic) bond motifs is 10. The van der Waals surface area contributed by atoms with Gasteiger partial charge in [0.1, 0.15) is 0 Å². The largest absolute Gasteiger partial charge is 0.466 e. The second-order valence-electron chi connectivity index (χ2n) is 10.7. The molecule has 2 amide bonds. The highest BCUT2D eigenvalue weighted by Gasteiger charge is 2.41. The smallest absolute Gasteiger partial charge is 0.416 e. The molecule has 0 saturated heterocycles. The van der Waals surface area contributed by atoms with E-state index < -0.39 is 23.6 Å². The molecule has 1 aliphatic heterocycles. The number of imide groups is 1. The minimum Gasteiger partial charge on any atom is -0.466 e. The summed E-state index contributed by atoms with van der Waals surface area (Å²) in [6, 6.07) is 19.7. The van der Waals surface area contributed by atoms with E-state index in [0.717, 1.165) is 44.4 Å². The number of amides is 2. The number of aromatic amines is 1. The molecule has 4 aromatic carbocycles. The molecule has 0 saturated carbocycles. The van der Waals surface area contributed by atoms with Crippen molar-refractivity contribution in [2.24, 2.45) is 0 Å². The Morgan fingerprint density at radius 1 is 0.884 bits per heavy atom. The van der Waals surface area contributed by atoms with Crippen molar-refractivity contribution in [3.63, 3.8) is 0 Å². The van der Waals surface area contributed by atoms with Crippen LogP contribution in [-0.4, -0.2) is 38.8 Å². The summed E-state index contributed by atoms with van der Waals surface area (Å²) in [5, 5.41) is 2.72. The molecule has 0 bridgehead atoms. The monoisotopic (exact) mass is 583 g/mol. The van der Waals surface area contributed by atoms with E-state index in [0.29, 0.717) is 29.3 Å². The summed E-state index contributed by atoms with van der Waals surface area (Å²) in [5.74, 6) is -1.49. The molecule has 3 heterocycles. The summed E-state index contributed by atoms with van der Waals surface area (Å²) in [6.45, 7) is 1.73. The highest BCUT2D eigenvalue weighted by atomic mass is 19.4. The summed E-state index contributed by atoms with van der Waals surface area (Å²) in [6.07, 6.45) is -4.04. The van der Waals surface area contributed by atoms with Gasteiger partial charge in [0.2, 0.25) is 0 Å². The first-order valence-electron chi connectivity index (χ1n) is 13.8. The lowest BCUT2D eigenvalue weighted by molar-refractivity contribution is -0.141. The molecule has 0 unspecified atom stereocenters. The van der Waals surface area contributed by atoms with Crippen molar-refractivity contribution in [3.05, 3.63) is 95.1 Å². The fourth-order valence-electron chi connectivity index (χ4n) is 6.28. The number of rotatable bonds is 6. The number of aromatic nitrogens is 2. The maximum Gasteiger partial charge on any atom is 0.416 e. The number of esters is 1. The number of hydrogen-bond acceptors (Lipinski definition) is 4. The first-order valence-corrected chi connectivity index (χ1v) is 13.8. The maximum atomic E-state index is 14.2. The van der Waals surface area contributed by atoms with Crippen LogP contribution in [0.1, 0.15) is 45.2 Å². The van der Waals surface area contributed by atoms with Crippen molar-refractivity contribution in [2.75, 3.05) is 6.61 Å². The van der Waals surface area contributed by atoms with E-state index >= 15 is 0 Å². The molecule has 2 aromatic heterocycles. The Morgan fingerprint density at radius 2 is 1.58 bits per heavy atom. The second kappa shape index (κ2) is 9.72. The fraction of sp³-hybridized carbons (Fsp3) is 0.182. The molecule has 10 heteroatoms. The zero-order chi connectivity index (χ0) is 30.0. The van der Waals surface area contributed by atoms with Crippen LogP contribution >= 0.6 is 0 Å². The molecule has 6 aromatic rings. The van der Waals surface area contributed by atoms with Crippen LogP contribution in [0.4, 0.5) is 13.2 Å². The van der Waals surface area contributed by atoms with E-state index in [1.807, 2.05) is 48.5 Å². The number of H-pyrrole nitrogens is 1. The van der Waals surface area contributed by atoms with Crippen LogP contribution in [0, 0.1) is 0 Å². The third kappa shape index (κ3) is 4.16. The van der Waals surface area contributed by atoms with Crippen LogP contribution in [0.5, 0.6) is 0 Å². The summed E-state index contributed by atoms with van der Waals surface area (Å²) < 4.78 is 47.5. The van der Waals surface area contributed by atoms with E-state index in [1.165, 1.54) is 19.1 Å². The van der Waals surface area contributed by atoms with Gasteiger partial charge in [-0.3, -0.25) is 19.3 Å². The van der Waals surface area contributed by atoms with Gasteiger partial charge in [0, 0.05) is 46.0 Å². The number of aryl methyl sites for hydroxylation is 1. The minimum absolute atomic E-state index is 0.198. The lowest BCUT2D eigenvalue weighted by atomic mass is 9.97. The van der Waals surface area contributed by atoms with E-state index in [9.17, 15) is 27.6 Å². The van der Waals surface area contributed by atoms with Crippen molar-refractivity contribution >= 4 is 61.4 Å². The molecule has 7 rings (SSSR count). The van der Waals surface area contributed by atoms with E-state index in [1.54, 1.807) is 0 Å². The van der Waals surface area contributed by atoms with E-state index in [-0.39, 0.29) is 35.8 Å². The van der Waals surface area contributed by atoms with Crippen LogP contribution in [-0.2, 0) is 28.8 Å². The normalized spacial score (nSPS) is 13.6. The lowest BCUT2D eigenvalue weighted by Crippen LogP contribution is -2.29. The number of alkyl halides is 3. The molecule has 216 valence electrons. The summed E-state index contributed by atoms with van der Waals surface area (Å²) >= 11 is 0. The topological polar surface area (TPSA) is 84.4 Å². The molecule has 43 heavy (non-hydrogen) atoms. The average Bonchev–Trinajstić information content (AvgIpc) is 3.59. The van der Waals surface area contributed by atoms with E-state index in [2.05, 4.69) is 9.55 Å².